The average Bonchev–Trinajstić information content (AvgIpc) is 3.02. The largest absolute Gasteiger partial charge is 0.351 e. The van der Waals surface area contributed by atoms with Gasteiger partial charge in [0.15, 0.2) is 11.0 Å². The Kier molecular flexibility index (Phi) is 8.32. The number of halogens is 1. The standard InChI is InChI=1S/C19H26ClN5O2S/c1-4-5-6-12(2)11-25-16(14-7-9-15(20)10-8-14)23-24-19(25)28-13(3)17(26)22-18(21)27/h7-10,12-13H,4-6,11H2,1-3H3,(H3,21,22,26,27)/t12-,13-/m1/s1. The van der Waals surface area contributed by atoms with Crippen LogP contribution in [0.15, 0.2) is 29.4 Å². The van der Waals surface area contributed by atoms with Gasteiger partial charge in [0.2, 0.25) is 5.91 Å². The fourth-order valence-electron chi connectivity index (χ4n) is 2.74. The van der Waals surface area contributed by atoms with Crippen molar-refractivity contribution in [1.82, 2.24) is 20.1 Å². The zero-order valence-corrected chi connectivity index (χ0v) is 17.9. The molecule has 0 aliphatic rings. The smallest absolute Gasteiger partial charge is 0.318 e. The number of primary amides is 1. The number of hydrogen-bond acceptors (Lipinski definition) is 5. The molecule has 1 aromatic carbocycles. The van der Waals surface area contributed by atoms with E-state index in [1.807, 2.05) is 28.8 Å². The first-order chi connectivity index (χ1) is 13.3. The van der Waals surface area contributed by atoms with Crippen LogP contribution in [0.5, 0.6) is 0 Å². The molecule has 1 heterocycles. The summed E-state index contributed by atoms with van der Waals surface area (Å²) >= 11 is 7.25. The highest BCUT2D eigenvalue weighted by molar-refractivity contribution is 8.00. The Bertz CT molecular complexity index is 809. The SMILES string of the molecule is CCCC[C@@H](C)Cn1c(S[C@H](C)C(=O)NC(N)=O)nnc1-c1ccc(Cl)cc1. The molecule has 0 aliphatic heterocycles. The third kappa shape index (κ3) is 6.24. The van der Waals surface area contributed by atoms with E-state index in [0.717, 1.165) is 37.2 Å². The lowest BCUT2D eigenvalue weighted by Gasteiger charge is -2.17. The number of nitrogens with two attached hydrogens (primary N) is 1. The number of rotatable bonds is 9. The van der Waals surface area contributed by atoms with Gasteiger partial charge in [0.25, 0.3) is 0 Å². The minimum absolute atomic E-state index is 0.427. The number of carbonyl (C=O) groups excluding carboxylic acids is 2. The van der Waals surface area contributed by atoms with E-state index in [9.17, 15) is 9.59 Å². The Morgan fingerprint density at radius 1 is 1.25 bits per heavy atom. The molecule has 0 aliphatic carbocycles. The van der Waals surface area contributed by atoms with Gasteiger partial charge in [-0.05, 0) is 43.5 Å². The first-order valence-electron chi connectivity index (χ1n) is 9.27. The van der Waals surface area contributed by atoms with E-state index < -0.39 is 17.2 Å². The molecule has 28 heavy (non-hydrogen) atoms. The number of thioether (sulfide) groups is 1. The topological polar surface area (TPSA) is 103 Å². The van der Waals surface area contributed by atoms with Crippen LogP contribution in [0.3, 0.4) is 0 Å². The molecule has 7 nitrogen and oxygen atoms in total. The number of amides is 3. The zero-order valence-electron chi connectivity index (χ0n) is 16.3. The summed E-state index contributed by atoms with van der Waals surface area (Å²) in [6.07, 6.45) is 3.39. The molecule has 0 fully saturated rings. The second-order valence-corrected chi connectivity index (χ2v) is 8.53. The molecule has 3 amide bonds. The molecule has 2 aromatic rings. The Labute approximate surface area is 174 Å². The summed E-state index contributed by atoms with van der Waals surface area (Å²) in [7, 11) is 0. The van der Waals surface area contributed by atoms with Gasteiger partial charge in [-0.25, -0.2) is 4.79 Å². The lowest BCUT2D eigenvalue weighted by atomic mass is 10.0. The van der Waals surface area contributed by atoms with Crippen molar-refractivity contribution < 1.29 is 9.59 Å². The highest BCUT2D eigenvalue weighted by atomic mass is 35.5. The van der Waals surface area contributed by atoms with Crippen molar-refractivity contribution in [3.8, 4) is 11.4 Å². The first-order valence-corrected chi connectivity index (χ1v) is 10.5. The Hall–Kier alpha value is -2.06. The summed E-state index contributed by atoms with van der Waals surface area (Å²) in [5, 5.41) is 11.5. The van der Waals surface area contributed by atoms with Gasteiger partial charge in [0.05, 0.1) is 5.25 Å². The van der Waals surface area contributed by atoms with Crippen LogP contribution < -0.4 is 11.1 Å². The Morgan fingerprint density at radius 2 is 1.93 bits per heavy atom. The molecule has 0 radical (unpaired) electrons. The van der Waals surface area contributed by atoms with Crippen LogP contribution in [0, 0.1) is 5.92 Å². The van der Waals surface area contributed by atoms with Crippen LogP contribution in [-0.4, -0.2) is 32.0 Å². The van der Waals surface area contributed by atoms with Crippen molar-refractivity contribution in [3.63, 3.8) is 0 Å². The van der Waals surface area contributed by atoms with Crippen molar-refractivity contribution in [2.24, 2.45) is 11.7 Å². The molecule has 2 atom stereocenters. The number of benzene rings is 1. The zero-order chi connectivity index (χ0) is 20.7. The van der Waals surface area contributed by atoms with Gasteiger partial charge in [0, 0.05) is 17.1 Å². The van der Waals surface area contributed by atoms with E-state index in [0.29, 0.717) is 16.1 Å². The van der Waals surface area contributed by atoms with Gasteiger partial charge in [-0.2, -0.15) is 0 Å². The fourth-order valence-corrected chi connectivity index (χ4v) is 3.73. The molecular weight excluding hydrogens is 398 g/mol. The van der Waals surface area contributed by atoms with Gasteiger partial charge in [-0.15, -0.1) is 10.2 Å². The van der Waals surface area contributed by atoms with Crippen LogP contribution in [0.4, 0.5) is 4.79 Å². The maximum Gasteiger partial charge on any atom is 0.318 e. The fraction of sp³-hybridized carbons (Fsp3) is 0.474. The van der Waals surface area contributed by atoms with Gasteiger partial charge in [-0.3, -0.25) is 10.1 Å². The highest BCUT2D eigenvalue weighted by Gasteiger charge is 2.22. The minimum Gasteiger partial charge on any atom is -0.351 e. The highest BCUT2D eigenvalue weighted by Crippen LogP contribution is 2.29. The summed E-state index contributed by atoms with van der Waals surface area (Å²) in [4.78, 5) is 23.0. The second kappa shape index (κ2) is 10.5. The van der Waals surface area contributed by atoms with Gasteiger partial charge in [-0.1, -0.05) is 50.1 Å². The number of carbonyl (C=O) groups is 2. The van der Waals surface area contributed by atoms with E-state index in [1.165, 1.54) is 11.8 Å². The van der Waals surface area contributed by atoms with Crippen molar-refractivity contribution in [2.75, 3.05) is 0 Å². The van der Waals surface area contributed by atoms with Crippen molar-refractivity contribution >= 4 is 35.3 Å². The average molecular weight is 424 g/mol. The monoisotopic (exact) mass is 423 g/mol. The minimum atomic E-state index is -0.867. The molecule has 152 valence electrons. The number of nitrogens with zero attached hydrogens (tertiary/aromatic N) is 3. The van der Waals surface area contributed by atoms with Crippen molar-refractivity contribution in [2.45, 2.75) is 57.0 Å². The van der Waals surface area contributed by atoms with Gasteiger partial charge in [0.1, 0.15) is 0 Å². The summed E-state index contributed by atoms with van der Waals surface area (Å²) in [6, 6.07) is 6.56. The molecule has 0 spiro atoms. The third-order valence-corrected chi connectivity index (χ3v) is 5.59. The number of unbranched alkanes of at least 4 members (excludes halogenated alkanes) is 1. The molecule has 1 aromatic heterocycles. The summed E-state index contributed by atoms with van der Waals surface area (Å²) < 4.78 is 2.03. The Morgan fingerprint density at radius 3 is 2.54 bits per heavy atom. The number of nitrogens with one attached hydrogen (secondary N) is 1. The summed E-state index contributed by atoms with van der Waals surface area (Å²) in [5.41, 5.74) is 5.94. The van der Waals surface area contributed by atoms with E-state index in [-0.39, 0.29) is 0 Å². The predicted octanol–water partition coefficient (Wildman–Crippen LogP) is 4.10. The molecule has 0 saturated heterocycles. The number of hydrogen-bond donors (Lipinski definition) is 2. The van der Waals surface area contributed by atoms with Gasteiger partial charge < -0.3 is 10.3 Å². The van der Waals surface area contributed by atoms with Crippen LogP contribution in [0.25, 0.3) is 11.4 Å². The number of aromatic nitrogens is 3. The number of urea groups is 1. The van der Waals surface area contributed by atoms with E-state index in [2.05, 4.69) is 29.4 Å². The molecule has 0 unspecified atom stereocenters. The molecular formula is C19H26ClN5O2S. The van der Waals surface area contributed by atoms with Crippen molar-refractivity contribution in [3.05, 3.63) is 29.3 Å². The second-order valence-electron chi connectivity index (χ2n) is 6.78. The maximum atomic E-state index is 12.0. The lowest BCUT2D eigenvalue weighted by Crippen LogP contribution is -2.39. The van der Waals surface area contributed by atoms with Crippen LogP contribution >= 0.6 is 23.4 Å². The van der Waals surface area contributed by atoms with Crippen LogP contribution in [-0.2, 0) is 11.3 Å². The quantitative estimate of drug-likeness (QED) is 0.591. The first kappa shape index (κ1) is 22.2. The van der Waals surface area contributed by atoms with E-state index >= 15 is 0 Å². The summed E-state index contributed by atoms with van der Waals surface area (Å²) in [5.74, 6) is 0.695. The predicted molar refractivity (Wildman–Crippen MR) is 112 cm³/mol. The molecule has 9 heteroatoms. The van der Waals surface area contributed by atoms with E-state index in [4.69, 9.17) is 17.3 Å². The summed E-state index contributed by atoms with van der Waals surface area (Å²) in [6.45, 7) is 6.80. The Balaban J connectivity index is 2.29. The van der Waals surface area contributed by atoms with Crippen LogP contribution in [0.2, 0.25) is 5.02 Å². The molecule has 0 bridgehead atoms. The molecule has 0 saturated carbocycles. The van der Waals surface area contributed by atoms with E-state index in [1.54, 1.807) is 6.92 Å². The third-order valence-electron chi connectivity index (χ3n) is 4.26. The lowest BCUT2D eigenvalue weighted by molar-refractivity contribution is -0.119. The molecule has 3 N–H and O–H groups in total. The van der Waals surface area contributed by atoms with Crippen molar-refractivity contribution in [1.29, 1.82) is 0 Å². The normalized spacial score (nSPS) is 13.1. The molecule has 2 rings (SSSR count). The van der Waals surface area contributed by atoms with Gasteiger partial charge >= 0.3 is 6.03 Å². The maximum absolute atomic E-state index is 12.0. The van der Waals surface area contributed by atoms with Crippen LogP contribution in [0.1, 0.15) is 40.0 Å². The number of imide groups is 1.